The fraction of sp³-hybridized carbons (Fsp3) is 0.611. The molecule has 1 aromatic carbocycles. The molecule has 24 heavy (non-hydrogen) atoms. The van der Waals surface area contributed by atoms with Gasteiger partial charge in [0.1, 0.15) is 0 Å². The number of rotatable bonds is 3. The minimum absolute atomic E-state index is 0.0859. The van der Waals surface area contributed by atoms with Gasteiger partial charge in [0.05, 0.1) is 10.0 Å². The van der Waals surface area contributed by atoms with Crippen molar-refractivity contribution in [2.45, 2.75) is 24.8 Å². The van der Waals surface area contributed by atoms with Crippen molar-refractivity contribution in [3.8, 4) is 0 Å². The number of nitrogens with one attached hydrogen (secondary N) is 1. The number of nitrogens with zero attached hydrogens (tertiary/aromatic N) is 2. The zero-order chi connectivity index (χ0) is 16.7. The van der Waals surface area contributed by atoms with Crippen LogP contribution >= 0.6 is 23.2 Å². The number of halogens is 2. The van der Waals surface area contributed by atoms with Crippen molar-refractivity contribution in [3.63, 3.8) is 0 Å². The summed E-state index contributed by atoms with van der Waals surface area (Å²) in [4.78, 5) is 17.4. The third-order valence-corrected chi connectivity index (χ3v) is 6.47. The lowest BCUT2D eigenvalue weighted by atomic mass is 10.1. The van der Waals surface area contributed by atoms with Crippen LogP contribution in [0.1, 0.15) is 24.3 Å². The van der Waals surface area contributed by atoms with Crippen molar-refractivity contribution in [2.75, 3.05) is 39.3 Å². The lowest BCUT2D eigenvalue weighted by molar-refractivity contribution is -0.131. The summed E-state index contributed by atoms with van der Waals surface area (Å²) >= 11 is 12.4. The predicted octanol–water partition coefficient (Wildman–Crippen LogP) is 2.60. The highest BCUT2D eigenvalue weighted by molar-refractivity contribution is 6.42. The summed E-state index contributed by atoms with van der Waals surface area (Å²) in [6, 6.07) is 6.24. The average Bonchev–Trinajstić information content (AvgIpc) is 3.24. The minimum atomic E-state index is 0.0859. The number of hydrogen-bond acceptors (Lipinski definition) is 3. The summed E-state index contributed by atoms with van der Waals surface area (Å²) in [5, 5.41) is 4.58. The van der Waals surface area contributed by atoms with Crippen LogP contribution < -0.4 is 5.32 Å². The van der Waals surface area contributed by atoms with E-state index in [0.717, 1.165) is 57.7 Å². The van der Waals surface area contributed by atoms with Crippen LogP contribution in [0.2, 0.25) is 10.0 Å². The number of benzene rings is 1. The lowest BCUT2D eigenvalue weighted by Gasteiger charge is -2.32. The van der Waals surface area contributed by atoms with Gasteiger partial charge in [-0.25, -0.2) is 0 Å². The highest BCUT2D eigenvalue weighted by atomic mass is 35.5. The molecule has 0 radical (unpaired) electrons. The first-order valence-corrected chi connectivity index (χ1v) is 9.58. The Balaban J connectivity index is 1.37. The summed E-state index contributed by atoms with van der Waals surface area (Å²) in [6.07, 6.45) is 1.99. The molecule has 1 saturated carbocycles. The Morgan fingerprint density at radius 3 is 2.75 bits per heavy atom. The first-order chi connectivity index (χ1) is 11.6. The number of amides is 1. The maximum atomic E-state index is 12.8. The van der Waals surface area contributed by atoms with Gasteiger partial charge in [-0.15, -0.1) is 0 Å². The monoisotopic (exact) mass is 367 g/mol. The molecule has 1 aliphatic carbocycles. The molecule has 0 aromatic heterocycles. The molecule has 1 N–H and O–H groups in total. The molecular formula is C18H23Cl2N3O. The fourth-order valence-electron chi connectivity index (χ4n) is 4.14. The van der Waals surface area contributed by atoms with E-state index >= 15 is 0 Å². The molecule has 2 aliphatic heterocycles. The summed E-state index contributed by atoms with van der Waals surface area (Å²) in [6.45, 7) is 6.07. The van der Waals surface area contributed by atoms with Gasteiger partial charge in [0.2, 0.25) is 5.91 Å². The molecule has 3 aliphatic rings. The average molecular weight is 368 g/mol. The Hall–Kier alpha value is -0.810. The second-order valence-corrected chi connectivity index (χ2v) is 7.89. The van der Waals surface area contributed by atoms with Crippen LogP contribution in [-0.4, -0.2) is 61.0 Å². The molecule has 1 amide bonds. The molecule has 4 nitrogen and oxygen atoms in total. The molecule has 1 aromatic rings. The second-order valence-electron chi connectivity index (χ2n) is 7.10. The van der Waals surface area contributed by atoms with Gasteiger partial charge < -0.3 is 10.2 Å². The van der Waals surface area contributed by atoms with Gasteiger partial charge in [-0.3, -0.25) is 9.69 Å². The first kappa shape index (κ1) is 16.6. The van der Waals surface area contributed by atoms with Crippen molar-refractivity contribution in [2.24, 2.45) is 5.92 Å². The SMILES string of the molecule is O=C(C1CC1c1cccc(Cl)c1Cl)N1CCC(N2CCNCC2)C1. The molecule has 4 rings (SSSR count). The summed E-state index contributed by atoms with van der Waals surface area (Å²) in [7, 11) is 0. The van der Waals surface area contributed by atoms with Gasteiger partial charge in [-0.2, -0.15) is 0 Å². The Morgan fingerprint density at radius 2 is 1.96 bits per heavy atom. The topological polar surface area (TPSA) is 35.6 Å². The van der Waals surface area contributed by atoms with E-state index in [1.807, 2.05) is 12.1 Å². The maximum absolute atomic E-state index is 12.8. The molecule has 3 atom stereocenters. The smallest absolute Gasteiger partial charge is 0.226 e. The summed E-state index contributed by atoms with van der Waals surface area (Å²) in [5.74, 6) is 0.623. The third-order valence-electron chi connectivity index (χ3n) is 5.63. The Kier molecular flexibility index (Phi) is 4.74. The minimum Gasteiger partial charge on any atom is -0.341 e. The van der Waals surface area contributed by atoms with Crippen molar-refractivity contribution >= 4 is 29.1 Å². The van der Waals surface area contributed by atoms with Crippen molar-refractivity contribution < 1.29 is 4.79 Å². The number of piperazine rings is 1. The normalized spacial score (nSPS) is 30.6. The zero-order valence-electron chi connectivity index (χ0n) is 13.7. The number of carbonyl (C=O) groups is 1. The molecule has 2 heterocycles. The van der Waals surface area contributed by atoms with E-state index in [0.29, 0.717) is 22.0 Å². The van der Waals surface area contributed by atoms with Crippen LogP contribution in [0.5, 0.6) is 0 Å². The van der Waals surface area contributed by atoms with Crippen molar-refractivity contribution in [1.29, 1.82) is 0 Å². The van der Waals surface area contributed by atoms with E-state index in [1.54, 1.807) is 6.07 Å². The second kappa shape index (κ2) is 6.83. The van der Waals surface area contributed by atoms with Crippen LogP contribution in [0.25, 0.3) is 0 Å². The van der Waals surface area contributed by atoms with E-state index in [1.165, 1.54) is 0 Å². The zero-order valence-corrected chi connectivity index (χ0v) is 15.2. The Morgan fingerprint density at radius 1 is 1.17 bits per heavy atom. The van der Waals surface area contributed by atoms with Crippen LogP contribution in [0.4, 0.5) is 0 Å². The predicted molar refractivity (Wildman–Crippen MR) is 96.7 cm³/mol. The molecule has 0 spiro atoms. The van der Waals surface area contributed by atoms with Crippen LogP contribution in [0.3, 0.4) is 0 Å². The summed E-state index contributed by atoms with van der Waals surface area (Å²) < 4.78 is 0. The number of carbonyl (C=O) groups excluding carboxylic acids is 1. The molecular weight excluding hydrogens is 345 g/mol. The highest BCUT2D eigenvalue weighted by Crippen LogP contribution is 2.51. The molecule has 3 fully saturated rings. The van der Waals surface area contributed by atoms with Crippen LogP contribution in [0.15, 0.2) is 18.2 Å². The lowest BCUT2D eigenvalue weighted by Crippen LogP contribution is -2.49. The molecule has 3 unspecified atom stereocenters. The van der Waals surface area contributed by atoms with Gasteiger partial charge in [0.25, 0.3) is 0 Å². The van der Waals surface area contributed by atoms with Gasteiger partial charge in [-0.05, 0) is 30.4 Å². The molecule has 2 saturated heterocycles. The largest absolute Gasteiger partial charge is 0.341 e. The van der Waals surface area contributed by atoms with Crippen LogP contribution in [0, 0.1) is 5.92 Å². The van der Waals surface area contributed by atoms with E-state index in [9.17, 15) is 4.79 Å². The van der Waals surface area contributed by atoms with E-state index in [-0.39, 0.29) is 11.8 Å². The van der Waals surface area contributed by atoms with Crippen molar-refractivity contribution in [3.05, 3.63) is 33.8 Å². The number of likely N-dealkylation sites (tertiary alicyclic amines) is 1. The van der Waals surface area contributed by atoms with Crippen LogP contribution in [-0.2, 0) is 4.79 Å². The van der Waals surface area contributed by atoms with Crippen molar-refractivity contribution in [1.82, 2.24) is 15.1 Å². The molecule has 6 heteroatoms. The van der Waals surface area contributed by atoms with E-state index in [4.69, 9.17) is 23.2 Å². The summed E-state index contributed by atoms with van der Waals surface area (Å²) in [5.41, 5.74) is 1.03. The van der Waals surface area contributed by atoms with E-state index in [2.05, 4.69) is 15.1 Å². The van der Waals surface area contributed by atoms with Gasteiger partial charge in [0.15, 0.2) is 0 Å². The highest BCUT2D eigenvalue weighted by Gasteiger charge is 2.48. The standard InChI is InChI=1S/C18H23Cl2N3O/c19-16-3-1-2-13(17(16)20)14-10-15(14)18(24)23-7-4-12(11-23)22-8-5-21-6-9-22/h1-3,12,14-15,21H,4-11H2. The third kappa shape index (κ3) is 3.17. The van der Waals surface area contributed by atoms with Gasteiger partial charge in [0, 0.05) is 51.2 Å². The Bertz CT molecular complexity index is 633. The number of hydrogen-bond donors (Lipinski definition) is 1. The fourth-order valence-corrected chi connectivity index (χ4v) is 4.59. The molecule has 130 valence electrons. The maximum Gasteiger partial charge on any atom is 0.226 e. The molecule has 0 bridgehead atoms. The Labute approximate surface area is 153 Å². The quantitative estimate of drug-likeness (QED) is 0.891. The van der Waals surface area contributed by atoms with Gasteiger partial charge >= 0.3 is 0 Å². The van der Waals surface area contributed by atoms with E-state index < -0.39 is 0 Å². The first-order valence-electron chi connectivity index (χ1n) is 8.82. The van der Waals surface area contributed by atoms with Gasteiger partial charge in [-0.1, -0.05) is 35.3 Å².